The minimum atomic E-state index is 0.272. The van der Waals surface area contributed by atoms with Gasteiger partial charge in [0.2, 0.25) is 0 Å². The summed E-state index contributed by atoms with van der Waals surface area (Å²) in [5.74, 6) is 1.10. The van der Waals surface area contributed by atoms with Gasteiger partial charge in [-0.25, -0.2) is 0 Å². The minimum Gasteiger partial charge on any atom is -0.396 e. The summed E-state index contributed by atoms with van der Waals surface area (Å²) < 4.78 is 0. The Bertz CT molecular complexity index is 276. The van der Waals surface area contributed by atoms with Crippen molar-refractivity contribution in [3.8, 4) is 0 Å². The Morgan fingerprint density at radius 1 is 1.00 bits per heavy atom. The van der Waals surface area contributed by atoms with Gasteiger partial charge in [0.05, 0.1) is 0 Å². The molecule has 15 heavy (non-hydrogen) atoms. The summed E-state index contributed by atoms with van der Waals surface area (Å²) in [6, 6.07) is 8.83. The maximum Gasteiger partial charge on any atom is 0.0436 e. The van der Waals surface area contributed by atoms with Gasteiger partial charge in [0, 0.05) is 6.61 Å². The van der Waals surface area contributed by atoms with Gasteiger partial charge in [0.1, 0.15) is 0 Å². The predicted octanol–water partition coefficient (Wildman–Crippen LogP) is 3.69. The van der Waals surface area contributed by atoms with Crippen molar-refractivity contribution in [1.82, 2.24) is 0 Å². The average molecular weight is 206 g/mol. The number of aliphatic hydroxyl groups is 1. The Morgan fingerprint density at radius 3 is 1.87 bits per heavy atom. The smallest absolute Gasteiger partial charge is 0.0436 e. The van der Waals surface area contributed by atoms with Crippen LogP contribution in [-0.2, 0) is 0 Å². The molecule has 0 aliphatic heterocycles. The first kappa shape index (κ1) is 12.3. The highest BCUT2D eigenvalue weighted by molar-refractivity contribution is 5.27. The molecule has 0 saturated carbocycles. The van der Waals surface area contributed by atoms with Crippen LogP contribution in [0.2, 0.25) is 0 Å². The van der Waals surface area contributed by atoms with Crippen molar-refractivity contribution in [3.63, 3.8) is 0 Å². The van der Waals surface area contributed by atoms with Gasteiger partial charge in [0.15, 0.2) is 0 Å². The molecule has 1 nitrogen and oxygen atoms in total. The van der Waals surface area contributed by atoms with Gasteiger partial charge in [0.25, 0.3) is 0 Å². The molecule has 1 rings (SSSR count). The molecule has 1 aromatic rings. The second-order valence-corrected chi connectivity index (χ2v) is 4.39. The van der Waals surface area contributed by atoms with Crippen molar-refractivity contribution in [2.24, 2.45) is 0 Å². The summed E-state index contributed by atoms with van der Waals surface area (Å²) >= 11 is 0. The molecule has 2 unspecified atom stereocenters. The number of benzene rings is 1. The van der Waals surface area contributed by atoms with Crippen LogP contribution >= 0.6 is 0 Å². The molecule has 2 atom stereocenters. The van der Waals surface area contributed by atoms with Gasteiger partial charge in [-0.15, -0.1) is 0 Å². The van der Waals surface area contributed by atoms with Gasteiger partial charge in [-0.05, 0) is 35.8 Å². The standard InChI is InChI=1S/C14H22O/c1-4-11(2)13-5-7-14(8-6-13)12(3)9-10-15/h5-8,11-12,15H,4,9-10H2,1-3H3. The molecule has 0 saturated heterocycles. The van der Waals surface area contributed by atoms with Crippen LogP contribution in [0.3, 0.4) is 0 Å². The van der Waals surface area contributed by atoms with E-state index in [1.54, 1.807) is 0 Å². The maximum absolute atomic E-state index is 8.88. The van der Waals surface area contributed by atoms with Gasteiger partial charge >= 0.3 is 0 Å². The molecule has 84 valence electrons. The molecule has 0 amide bonds. The van der Waals surface area contributed by atoms with Crippen molar-refractivity contribution >= 4 is 0 Å². The molecule has 1 aromatic carbocycles. The third kappa shape index (κ3) is 3.35. The van der Waals surface area contributed by atoms with Crippen LogP contribution in [0.1, 0.15) is 56.6 Å². The molecule has 1 heteroatoms. The number of hydrogen-bond donors (Lipinski definition) is 1. The molecule has 0 fully saturated rings. The Kier molecular flexibility index (Phi) is 4.83. The van der Waals surface area contributed by atoms with E-state index in [1.807, 2.05) is 0 Å². The van der Waals surface area contributed by atoms with Gasteiger partial charge < -0.3 is 5.11 Å². The SMILES string of the molecule is CCC(C)c1ccc(C(C)CCO)cc1. The number of rotatable bonds is 5. The molecule has 0 heterocycles. The van der Waals surface area contributed by atoms with Gasteiger partial charge in [-0.3, -0.25) is 0 Å². The van der Waals surface area contributed by atoms with E-state index in [2.05, 4.69) is 45.0 Å². The van der Waals surface area contributed by atoms with Crippen molar-refractivity contribution in [1.29, 1.82) is 0 Å². The third-order valence-corrected chi connectivity index (χ3v) is 3.25. The summed E-state index contributed by atoms with van der Waals surface area (Å²) in [6.45, 7) is 6.90. The summed E-state index contributed by atoms with van der Waals surface area (Å²) in [5.41, 5.74) is 2.74. The first-order chi connectivity index (χ1) is 7.19. The third-order valence-electron chi connectivity index (χ3n) is 3.25. The Morgan fingerprint density at radius 2 is 1.47 bits per heavy atom. The molecule has 0 bridgehead atoms. The summed E-state index contributed by atoms with van der Waals surface area (Å²) in [6.07, 6.45) is 2.04. The largest absolute Gasteiger partial charge is 0.396 e. The van der Waals surface area contributed by atoms with Crippen molar-refractivity contribution in [2.45, 2.75) is 45.4 Å². The van der Waals surface area contributed by atoms with E-state index in [4.69, 9.17) is 5.11 Å². The minimum absolute atomic E-state index is 0.272. The van der Waals surface area contributed by atoms with E-state index in [0.29, 0.717) is 11.8 Å². The molecule has 0 aliphatic rings. The van der Waals surface area contributed by atoms with E-state index in [0.717, 1.165) is 6.42 Å². The maximum atomic E-state index is 8.88. The summed E-state index contributed by atoms with van der Waals surface area (Å²) in [5, 5.41) is 8.88. The highest BCUT2D eigenvalue weighted by Gasteiger charge is 2.06. The molecule has 1 N–H and O–H groups in total. The van der Waals surface area contributed by atoms with E-state index in [1.165, 1.54) is 17.5 Å². The van der Waals surface area contributed by atoms with Crippen molar-refractivity contribution < 1.29 is 5.11 Å². The fourth-order valence-corrected chi connectivity index (χ4v) is 1.75. The van der Waals surface area contributed by atoms with Crippen LogP contribution in [-0.4, -0.2) is 11.7 Å². The zero-order chi connectivity index (χ0) is 11.3. The van der Waals surface area contributed by atoms with Crippen LogP contribution in [0.5, 0.6) is 0 Å². The van der Waals surface area contributed by atoms with Crippen LogP contribution in [0.15, 0.2) is 24.3 Å². The zero-order valence-corrected chi connectivity index (χ0v) is 10.0. The Balaban J connectivity index is 2.71. The lowest BCUT2D eigenvalue weighted by molar-refractivity contribution is 0.278. The van der Waals surface area contributed by atoms with Crippen LogP contribution in [0.4, 0.5) is 0 Å². The Hall–Kier alpha value is -0.820. The van der Waals surface area contributed by atoms with Crippen molar-refractivity contribution in [2.75, 3.05) is 6.61 Å². The second kappa shape index (κ2) is 5.92. The highest BCUT2D eigenvalue weighted by Crippen LogP contribution is 2.23. The second-order valence-electron chi connectivity index (χ2n) is 4.39. The summed E-state index contributed by atoms with van der Waals surface area (Å²) in [4.78, 5) is 0. The first-order valence-electron chi connectivity index (χ1n) is 5.89. The fourth-order valence-electron chi connectivity index (χ4n) is 1.75. The predicted molar refractivity (Wildman–Crippen MR) is 65.3 cm³/mol. The van der Waals surface area contributed by atoms with E-state index < -0.39 is 0 Å². The lowest BCUT2D eigenvalue weighted by Gasteiger charge is -2.13. The lowest BCUT2D eigenvalue weighted by Crippen LogP contribution is -1.98. The van der Waals surface area contributed by atoms with E-state index in [-0.39, 0.29) is 6.61 Å². The quantitative estimate of drug-likeness (QED) is 0.779. The Labute approximate surface area is 93.1 Å². The monoisotopic (exact) mass is 206 g/mol. The van der Waals surface area contributed by atoms with E-state index in [9.17, 15) is 0 Å². The average Bonchev–Trinajstić information content (AvgIpc) is 2.28. The topological polar surface area (TPSA) is 20.2 Å². The molecule has 0 spiro atoms. The first-order valence-corrected chi connectivity index (χ1v) is 5.89. The van der Waals surface area contributed by atoms with Gasteiger partial charge in [-0.1, -0.05) is 45.0 Å². The molecular formula is C14H22O. The fraction of sp³-hybridized carbons (Fsp3) is 0.571. The number of aliphatic hydroxyl groups excluding tert-OH is 1. The van der Waals surface area contributed by atoms with Crippen molar-refractivity contribution in [3.05, 3.63) is 35.4 Å². The zero-order valence-electron chi connectivity index (χ0n) is 10.0. The molecule has 0 aliphatic carbocycles. The van der Waals surface area contributed by atoms with Crippen LogP contribution < -0.4 is 0 Å². The van der Waals surface area contributed by atoms with E-state index >= 15 is 0 Å². The highest BCUT2D eigenvalue weighted by atomic mass is 16.3. The summed E-state index contributed by atoms with van der Waals surface area (Å²) in [7, 11) is 0. The molecule has 0 radical (unpaired) electrons. The lowest BCUT2D eigenvalue weighted by atomic mass is 9.93. The normalized spacial score (nSPS) is 14.9. The molecular weight excluding hydrogens is 184 g/mol. The number of hydrogen-bond acceptors (Lipinski definition) is 1. The van der Waals surface area contributed by atoms with Crippen LogP contribution in [0, 0.1) is 0 Å². The van der Waals surface area contributed by atoms with Crippen LogP contribution in [0.25, 0.3) is 0 Å². The van der Waals surface area contributed by atoms with Gasteiger partial charge in [-0.2, -0.15) is 0 Å². The molecule has 0 aromatic heterocycles.